The average molecular weight is 432 g/mol. The van der Waals surface area contributed by atoms with Gasteiger partial charge in [0.15, 0.2) is 0 Å². The third-order valence-electron chi connectivity index (χ3n) is 3.37. The first-order valence-corrected chi connectivity index (χ1v) is 8.10. The van der Waals surface area contributed by atoms with Gasteiger partial charge in [0, 0.05) is 26.6 Å². The summed E-state index contributed by atoms with van der Waals surface area (Å²) in [6.45, 7) is 0. The van der Waals surface area contributed by atoms with Gasteiger partial charge in [-0.25, -0.2) is 9.78 Å². The fraction of sp³-hybridized carbons (Fsp3) is 0. The number of nitrogens with zero attached hydrogens (tertiary/aromatic N) is 2. The highest BCUT2D eigenvalue weighted by Crippen LogP contribution is 2.29. The Morgan fingerprint density at radius 3 is 2.42 bits per heavy atom. The summed E-state index contributed by atoms with van der Waals surface area (Å²) in [4.78, 5) is 19.4. The number of anilines is 3. The summed E-state index contributed by atoms with van der Waals surface area (Å²) in [6, 6.07) is 14.2. The van der Waals surface area contributed by atoms with Gasteiger partial charge in [-0.1, -0.05) is 18.2 Å². The SMILES string of the molecule is Nc1nc(Nc2ccc(C(=O)O)cc2)ncc1-c1ccccc1I. The third kappa shape index (κ3) is 3.46. The zero-order valence-electron chi connectivity index (χ0n) is 12.4. The first-order valence-electron chi connectivity index (χ1n) is 7.02. The van der Waals surface area contributed by atoms with E-state index in [4.69, 9.17) is 10.8 Å². The van der Waals surface area contributed by atoms with Crippen LogP contribution < -0.4 is 11.1 Å². The number of rotatable bonds is 4. The van der Waals surface area contributed by atoms with Gasteiger partial charge in [-0.05, 0) is 52.9 Å². The molecule has 0 aliphatic carbocycles. The summed E-state index contributed by atoms with van der Waals surface area (Å²) in [5.74, 6) is -0.243. The van der Waals surface area contributed by atoms with Crippen molar-refractivity contribution in [3.05, 3.63) is 63.9 Å². The molecule has 0 aliphatic rings. The van der Waals surface area contributed by atoms with Crippen LogP contribution in [-0.2, 0) is 0 Å². The molecule has 4 N–H and O–H groups in total. The molecule has 1 heterocycles. The standard InChI is InChI=1S/C17H13IN4O2/c18-14-4-2-1-3-12(14)13-9-20-17(22-15(13)19)21-11-7-5-10(6-8-11)16(23)24/h1-9H,(H,23,24)(H3,19,20,21,22). The summed E-state index contributed by atoms with van der Waals surface area (Å²) >= 11 is 2.24. The highest BCUT2D eigenvalue weighted by atomic mass is 127. The monoisotopic (exact) mass is 432 g/mol. The maximum atomic E-state index is 10.9. The number of aromatic carboxylic acids is 1. The molecule has 0 fully saturated rings. The molecule has 120 valence electrons. The maximum absolute atomic E-state index is 10.9. The topological polar surface area (TPSA) is 101 Å². The van der Waals surface area contributed by atoms with Crippen molar-refractivity contribution in [1.29, 1.82) is 0 Å². The molecule has 3 rings (SSSR count). The van der Waals surface area contributed by atoms with Crippen LogP contribution in [0.25, 0.3) is 11.1 Å². The molecule has 0 atom stereocenters. The smallest absolute Gasteiger partial charge is 0.335 e. The molecular formula is C17H13IN4O2. The molecule has 2 aromatic carbocycles. The van der Waals surface area contributed by atoms with E-state index in [1.165, 1.54) is 12.1 Å². The molecule has 6 nitrogen and oxygen atoms in total. The number of carbonyl (C=O) groups is 1. The first-order chi connectivity index (χ1) is 11.5. The molecular weight excluding hydrogens is 419 g/mol. The van der Waals surface area contributed by atoms with Crippen molar-refractivity contribution in [2.24, 2.45) is 0 Å². The lowest BCUT2D eigenvalue weighted by molar-refractivity contribution is 0.0697. The van der Waals surface area contributed by atoms with Gasteiger partial charge in [0.05, 0.1) is 5.56 Å². The van der Waals surface area contributed by atoms with Gasteiger partial charge in [-0.3, -0.25) is 0 Å². The number of aromatic nitrogens is 2. The number of carboxylic acid groups (broad SMARTS) is 1. The van der Waals surface area contributed by atoms with Crippen LogP contribution in [0.5, 0.6) is 0 Å². The molecule has 0 spiro atoms. The first kappa shape index (κ1) is 16.2. The third-order valence-corrected chi connectivity index (χ3v) is 4.31. The second-order valence-electron chi connectivity index (χ2n) is 4.98. The summed E-state index contributed by atoms with van der Waals surface area (Å²) in [6.07, 6.45) is 1.67. The molecule has 0 amide bonds. The van der Waals surface area contributed by atoms with Crippen molar-refractivity contribution in [2.75, 3.05) is 11.1 Å². The number of nitrogen functional groups attached to an aromatic ring is 1. The van der Waals surface area contributed by atoms with Gasteiger partial charge in [0.25, 0.3) is 0 Å². The largest absolute Gasteiger partial charge is 0.478 e. The predicted octanol–water partition coefficient (Wildman–Crippen LogP) is 3.77. The molecule has 7 heteroatoms. The van der Waals surface area contributed by atoms with Crippen molar-refractivity contribution in [3.63, 3.8) is 0 Å². The van der Waals surface area contributed by atoms with E-state index >= 15 is 0 Å². The van der Waals surface area contributed by atoms with Crippen LogP contribution in [0.2, 0.25) is 0 Å². The number of nitrogens with two attached hydrogens (primary N) is 1. The summed E-state index contributed by atoms with van der Waals surface area (Å²) in [5.41, 5.74) is 8.72. The molecule has 0 saturated heterocycles. The number of hydrogen-bond acceptors (Lipinski definition) is 5. The molecule has 0 bridgehead atoms. The number of benzene rings is 2. The van der Waals surface area contributed by atoms with E-state index in [0.717, 1.165) is 14.7 Å². The van der Waals surface area contributed by atoms with Crippen LogP contribution in [0.3, 0.4) is 0 Å². The van der Waals surface area contributed by atoms with Gasteiger partial charge in [0.1, 0.15) is 5.82 Å². The van der Waals surface area contributed by atoms with Crippen molar-refractivity contribution in [3.8, 4) is 11.1 Å². The fourth-order valence-corrected chi connectivity index (χ4v) is 2.85. The fourth-order valence-electron chi connectivity index (χ4n) is 2.17. The minimum Gasteiger partial charge on any atom is -0.478 e. The molecule has 3 aromatic rings. The highest BCUT2D eigenvalue weighted by molar-refractivity contribution is 14.1. The molecule has 0 unspecified atom stereocenters. The van der Waals surface area contributed by atoms with Crippen molar-refractivity contribution in [2.45, 2.75) is 0 Å². The van der Waals surface area contributed by atoms with Crippen LogP contribution >= 0.6 is 22.6 Å². The highest BCUT2D eigenvalue weighted by Gasteiger charge is 2.10. The van der Waals surface area contributed by atoms with Gasteiger partial charge in [0.2, 0.25) is 5.95 Å². The van der Waals surface area contributed by atoms with E-state index in [2.05, 4.69) is 37.9 Å². The predicted molar refractivity (Wildman–Crippen MR) is 101 cm³/mol. The second-order valence-corrected chi connectivity index (χ2v) is 6.14. The molecule has 0 saturated carbocycles. The Hall–Kier alpha value is -2.68. The van der Waals surface area contributed by atoms with Crippen LogP contribution in [0, 0.1) is 3.57 Å². The molecule has 24 heavy (non-hydrogen) atoms. The summed E-state index contributed by atoms with van der Waals surface area (Å²) in [5, 5.41) is 11.9. The van der Waals surface area contributed by atoms with E-state index < -0.39 is 5.97 Å². The average Bonchev–Trinajstić information content (AvgIpc) is 2.56. The van der Waals surface area contributed by atoms with Crippen molar-refractivity contribution >= 4 is 46.0 Å². The Morgan fingerprint density at radius 1 is 1.08 bits per heavy atom. The minimum absolute atomic E-state index is 0.218. The number of carboxylic acids is 1. The van der Waals surface area contributed by atoms with Crippen LogP contribution in [0.1, 0.15) is 10.4 Å². The normalized spacial score (nSPS) is 10.4. The van der Waals surface area contributed by atoms with Gasteiger partial charge in [-0.15, -0.1) is 0 Å². The van der Waals surface area contributed by atoms with Gasteiger partial charge in [-0.2, -0.15) is 4.98 Å². The van der Waals surface area contributed by atoms with Crippen LogP contribution in [-0.4, -0.2) is 21.0 Å². The maximum Gasteiger partial charge on any atom is 0.335 e. The Balaban J connectivity index is 1.85. The molecule has 0 radical (unpaired) electrons. The van der Waals surface area contributed by atoms with Gasteiger partial charge < -0.3 is 16.2 Å². The Kier molecular flexibility index (Phi) is 4.61. The zero-order chi connectivity index (χ0) is 17.1. The number of hydrogen-bond donors (Lipinski definition) is 3. The quantitative estimate of drug-likeness (QED) is 0.543. The Morgan fingerprint density at radius 2 is 1.79 bits per heavy atom. The molecule has 1 aromatic heterocycles. The lowest BCUT2D eigenvalue weighted by Crippen LogP contribution is -2.03. The second kappa shape index (κ2) is 6.83. The van der Waals surface area contributed by atoms with E-state index in [1.807, 2.05) is 24.3 Å². The van der Waals surface area contributed by atoms with Crippen molar-refractivity contribution < 1.29 is 9.90 Å². The lowest BCUT2D eigenvalue weighted by Gasteiger charge is -2.10. The zero-order valence-corrected chi connectivity index (χ0v) is 14.6. The van der Waals surface area contributed by atoms with E-state index in [1.54, 1.807) is 18.3 Å². The summed E-state index contributed by atoms with van der Waals surface area (Å²) in [7, 11) is 0. The minimum atomic E-state index is -0.969. The number of halogens is 1. The van der Waals surface area contributed by atoms with Crippen LogP contribution in [0.4, 0.5) is 17.5 Å². The summed E-state index contributed by atoms with van der Waals surface area (Å²) < 4.78 is 1.07. The van der Waals surface area contributed by atoms with E-state index in [-0.39, 0.29) is 5.56 Å². The Bertz CT molecular complexity index is 897. The van der Waals surface area contributed by atoms with Crippen LogP contribution in [0.15, 0.2) is 54.7 Å². The van der Waals surface area contributed by atoms with Gasteiger partial charge >= 0.3 is 5.97 Å². The Labute approximate surface area is 151 Å². The van der Waals surface area contributed by atoms with E-state index in [0.29, 0.717) is 17.5 Å². The van der Waals surface area contributed by atoms with Crippen molar-refractivity contribution in [1.82, 2.24) is 9.97 Å². The van der Waals surface area contributed by atoms with E-state index in [9.17, 15) is 4.79 Å². The lowest BCUT2D eigenvalue weighted by atomic mass is 10.1. The number of nitrogens with one attached hydrogen (secondary N) is 1. The molecule has 0 aliphatic heterocycles.